The van der Waals surface area contributed by atoms with Gasteiger partial charge in [0.15, 0.2) is 16.3 Å². The number of ether oxygens (including phenoxy) is 3. The fourth-order valence-electron chi connectivity index (χ4n) is 4.80. The van der Waals surface area contributed by atoms with E-state index in [-0.39, 0.29) is 12.2 Å². The van der Waals surface area contributed by atoms with Crippen LogP contribution in [0, 0.1) is 0 Å². The van der Waals surface area contributed by atoms with Crippen LogP contribution in [0.4, 0.5) is 5.69 Å². The number of anilines is 1. The molecule has 0 bridgehead atoms. The van der Waals surface area contributed by atoms with Crippen LogP contribution in [0.1, 0.15) is 51.8 Å². The number of rotatable bonds is 10. The Labute approximate surface area is 246 Å². The highest BCUT2D eigenvalue weighted by molar-refractivity contribution is 9.10. The Bertz CT molecular complexity index is 1600. The number of carbonyl (C=O) groups excluding carboxylic acids is 1. The van der Waals surface area contributed by atoms with Crippen molar-refractivity contribution in [3.8, 4) is 11.5 Å². The Kier molecular flexibility index (Phi) is 9.52. The van der Waals surface area contributed by atoms with Gasteiger partial charge in [-0.1, -0.05) is 39.4 Å². The third kappa shape index (κ3) is 5.74. The van der Waals surface area contributed by atoms with Crippen LogP contribution in [-0.4, -0.2) is 43.9 Å². The van der Waals surface area contributed by atoms with Gasteiger partial charge in [0, 0.05) is 23.2 Å². The van der Waals surface area contributed by atoms with E-state index in [2.05, 4.69) is 51.8 Å². The van der Waals surface area contributed by atoms with Gasteiger partial charge in [-0.15, -0.1) is 0 Å². The van der Waals surface area contributed by atoms with E-state index in [0.29, 0.717) is 48.7 Å². The zero-order valence-corrected chi connectivity index (χ0v) is 26.0. The molecule has 10 heteroatoms. The summed E-state index contributed by atoms with van der Waals surface area (Å²) in [5.41, 5.74) is 3.26. The minimum absolute atomic E-state index is 0.198. The topological polar surface area (TPSA) is 82.4 Å². The van der Waals surface area contributed by atoms with E-state index in [1.54, 1.807) is 37.7 Å². The summed E-state index contributed by atoms with van der Waals surface area (Å²) in [6.07, 6.45) is 1.87. The van der Waals surface area contributed by atoms with Gasteiger partial charge < -0.3 is 19.1 Å². The van der Waals surface area contributed by atoms with E-state index in [0.717, 1.165) is 24.3 Å². The lowest BCUT2D eigenvalue weighted by Gasteiger charge is -2.26. The molecule has 2 heterocycles. The van der Waals surface area contributed by atoms with Crippen LogP contribution in [0.5, 0.6) is 11.5 Å². The fourth-order valence-corrected chi connectivity index (χ4v) is 6.38. The lowest BCUT2D eigenvalue weighted by atomic mass is 9.95. The van der Waals surface area contributed by atoms with E-state index in [1.807, 2.05) is 25.1 Å². The number of methoxy groups -OCH3 is 1. The average molecular weight is 629 g/mol. The molecule has 0 aliphatic carbocycles. The van der Waals surface area contributed by atoms with Crippen LogP contribution in [0.3, 0.4) is 0 Å². The van der Waals surface area contributed by atoms with Gasteiger partial charge in [-0.05, 0) is 76.1 Å². The van der Waals surface area contributed by atoms with Crippen molar-refractivity contribution in [2.24, 2.45) is 4.99 Å². The number of carbonyl (C=O) groups is 1. The second-order valence-corrected chi connectivity index (χ2v) is 10.9. The lowest BCUT2D eigenvalue weighted by molar-refractivity contribution is -0.139. The van der Waals surface area contributed by atoms with Crippen molar-refractivity contribution in [2.75, 3.05) is 38.3 Å². The first kappa shape index (κ1) is 29.6. The van der Waals surface area contributed by atoms with Crippen molar-refractivity contribution in [3.63, 3.8) is 0 Å². The molecule has 2 aromatic carbocycles. The van der Waals surface area contributed by atoms with E-state index < -0.39 is 12.0 Å². The van der Waals surface area contributed by atoms with Gasteiger partial charge in [-0.3, -0.25) is 9.36 Å². The number of hydrogen-bond donors (Lipinski definition) is 0. The first-order chi connectivity index (χ1) is 19.3. The SMILES string of the molecule is CCOC(=O)C1=C(C)N=c2s/c(=C/c3ccc(N(CC)CC)cc3)c(=O)n2[C@H]1c1cc(OC)c(OCC)cc1Br. The predicted octanol–water partition coefficient (Wildman–Crippen LogP) is 4.81. The third-order valence-corrected chi connectivity index (χ3v) is 8.38. The zero-order valence-electron chi connectivity index (χ0n) is 23.6. The molecule has 1 aliphatic heterocycles. The Hall–Kier alpha value is -3.37. The molecule has 0 fully saturated rings. The van der Waals surface area contributed by atoms with Gasteiger partial charge in [0.2, 0.25) is 0 Å². The molecule has 3 aromatic rings. The van der Waals surface area contributed by atoms with Gasteiger partial charge in [0.05, 0.1) is 42.2 Å². The summed E-state index contributed by atoms with van der Waals surface area (Å²) in [6, 6.07) is 10.9. The number of fused-ring (bicyclic) bond motifs is 1. The Balaban J connectivity index is 1.91. The summed E-state index contributed by atoms with van der Waals surface area (Å²) in [5.74, 6) is 0.530. The average Bonchev–Trinajstić information content (AvgIpc) is 3.24. The number of thiazole rings is 1. The quantitative estimate of drug-likeness (QED) is 0.300. The molecule has 40 heavy (non-hydrogen) atoms. The number of esters is 1. The van der Waals surface area contributed by atoms with Crippen LogP contribution in [0.2, 0.25) is 0 Å². The number of halogens is 1. The number of hydrogen-bond acceptors (Lipinski definition) is 8. The van der Waals surface area contributed by atoms with Crippen molar-refractivity contribution < 1.29 is 19.0 Å². The molecular weight excluding hydrogens is 594 g/mol. The molecule has 0 saturated heterocycles. The maximum Gasteiger partial charge on any atom is 0.338 e. The van der Waals surface area contributed by atoms with Crippen molar-refractivity contribution >= 4 is 45.0 Å². The van der Waals surface area contributed by atoms with Crippen LogP contribution in [0.15, 0.2) is 61.9 Å². The highest BCUT2D eigenvalue weighted by atomic mass is 79.9. The van der Waals surface area contributed by atoms with Gasteiger partial charge >= 0.3 is 5.97 Å². The van der Waals surface area contributed by atoms with Gasteiger partial charge in [0.1, 0.15) is 0 Å². The fraction of sp³-hybridized carbons (Fsp3) is 0.367. The summed E-state index contributed by atoms with van der Waals surface area (Å²) in [4.78, 5) is 34.7. The molecule has 0 radical (unpaired) electrons. The number of aromatic nitrogens is 1. The number of nitrogens with zero attached hydrogens (tertiary/aromatic N) is 3. The monoisotopic (exact) mass is 627 g/mol. The molecule has 0 N–H and O–H groups in total. The summed E-state index contributed by atoms with van der Waals surface area (Å²) in [7, 11) is 1.56. The second kappa shape index (κ2) is 12.9. The van der Waals surface area contributed by atoms with Crippen molar-refractivity contribution in [1.29, 1.82) is 0 Å². The summed E-state index contributed by atoms with van der Waals surface area (Å²) in [5, 5.41) is 0. The molecule has 8 nitrogen and oxygen atoms in total. The Morgan fingerprint density at radius 2 is 1.80 bits per heavy atom. The molecule has 0 unspecified atom stereocenters. The minimum atomic E-state index is -0.776. The summed E-state index contributed by atoms with van der Waals surface area (Å²) < 4.78 is 19.5. The largest absolute Gasteiger partial charge is 0.493 e. The van der Waals surface area contributed by atoms with Crippen LogP contribution in [-0.2, 0) is 9.53 Å². The smallest absolute Gasteiger partial charge is 0.338 e. The van der Waals surface area contributed by atoms with Crippen LogP contribution < -0.4 is 29.3 Å². The number of benzene rings is 2. The molecule has 1 aromatic heterocycles. The molecule has 212 valence electrons. The van der Waals surface area contributed by atoms with E-state index in [1.165, 1.54) is 11.3 Å². The van der Waals surface area contributed by atoms with Crippen LogP contribution in [0.25, 0.3) is 6.08 Å². The highest BCUT2D eigenvalue weighted by Gasteiger charge is 2.35. The van der Waals surface area contributed by atoms with Crippen molar-refractivity contribution in [3.05, 3.63) is 83.0 Å². The molecular formula is C30H34BrN3O5S. The minimum Gasteiger partial charge on any atom is -0.493 e. The van der Waals surface area contributed by atoms with Gasteiger partial charge in [0.25, 0.3) is 5.56 Å². The Morgan fingerprint density at radius 1 is 1.10 bits per heavy atom. The standard InChI is InChI=1S/C30H34BrN3O5S/c1-7-33(8-2)20-13-11-19(12-14-20)15-25-28(35)34-27(21-16-23(37-6)24(38-9-3)17-22(21)31)26(29(36)39-10-4)18(5)32-30(34)40-25/h11-17,27H,7-10H2,1-6H3/b25-15+/t27-/m0/s1. The lowest BCUT2D eigenvalue weighted by Crippen LogP contribution is -2.40. The molecule has 0 amide bonds. The second-order valence-electron chi connectivity index (χ2n) is 9.02. The van der Waals surface area contributed by atoms with Gasteiger partial charge in [-0.25, -0.2) is 9.79 Å². The maximum atomic E-state index is 14.0. The van der Waals surface area contributed by atoms with Crippen molar-refractivity contribution in [2.45, 2.75) is 40.7 Å². The summed E-state index contributed by atoms with van der Waals surface area (Å²) >= 11 is 4.95. The molecule has 4 rings (SSSR count). The van der Waals surface area contributed by atoms with E-state index >= 15 is 0 Å². The van der Waals surface area contributed by atoms with E-state index in [9.17, 15) is 9.59 Å². The first-order valence-electron chi connectivity index (χ1n) is 13.3. The Morgan fingerprint density at radius 3 is 2.40 bits per heavy atom. The molecule has 0 spiro atoms. The molecule has 1 aliphatic rings. The molecule has 1 atom stereocenters. The molecule has 0 saturated carbocycles. The third-order valence-electron chi connectivity index (χ3n) is 6.71. The predicted molar refractivity (Wildman–Crippen MR) is 162 cm³/mol. The first-order valence-corrected chi connectivity index (χ1v) is 14.9. The summed E-state index contributed by atoms with van der Waals surface area (Å²) in [6.45, 7) is 12.2. The van der Waals surface area contributed by atoms with E-state index in [4.69, 9.17) is 14.2 Å². The maximum absolute atomic E-state index is 14.0. The highest BCUT2D eigenvalue weighted by Crippen LogP contribution is 2.41. The van der Waals surface area contributed by atoms with Crippen LogP contribution >= 0.6 is 27.3 Å². The van der Waals surface area contributed by atoms with Crippen molar-refractivity contribution in [1.82, 2.24) is 4.57 Å². The normalized spacial score (nSPS) is 15.0. The number of allylic oxidation sites excluding steroid dienone is 1. The van der Waals surface area contributed by atoms with Gasteiger partial charge in [-0.2, -0.15) is 0 Å². The zero-order chi connectivity index (χ0) is 29.0.